The third-order valence-corrected chi connectivity index (χ3v) is 7.65. The molecule has 0 spiro atoms. The maximum atomic E-state index is 12.9. The van der Waals surface area contributed by atoms with Gasteiger partial charge in [-0.05, 0) is 22.9 Å². The van der Waals surface area contributed by atoms with Crippen LogP contribution in [0.2, 0.25) is 0 Å². The molecule has 9 nitrogen and oxygen atoms in total. The van der Waals surface area contributed by atoms with Crippen LogP contribution in [0.25, 0.3) is 0 Å². The summed E-state index contributed by atoms with van der Waals surface area (Å²) in [6.07, 6.45) is -1.95. The minimum Gasteiger partial charge on any atom is -0.340 e. The van der Waals surface area contributed by atoms with Crippen molar-refractivity contribution in [2.24, 2.45) is 7.05 Å². The second-order valence-electron chi connectivity index (χ2n) is 6.85. The summed E-state index contributed by atoms with van der Waals surface area (Å²) >= 11 is 2.90. The first-order valence-corrected chi connectivity index (χ1v) is 11.2. The molecule has 1 aliphatic rings. The molecule has 1 fully saturated rings. The molecule has 14 heteroatoms. The molecule has 0 radical (unpaired) electrons. The third-order valence-electron chi connectivity index (χ3n) is 4.85. The fourth-order valence-corrected chi connectivity index (χ4v) is 5.06. The molecular formula is C16H20BrF3N6O3S. The highest BCUT2D eigenvalue weighted by atomic mass is 79.9. The number of piperazine rings is 1. The second kappa shape index (κ2) is 8.30. The predicted octanol–water partition coefficient (Wildman–Crippen LogP) is 1.63. The van der Waals surface area contributed by atoms with E-state index in [0.717, 1.165) is 4.68 Å². The van der Waals surface area contributed by atoms with Crippen LogP contribution in [0.4, 0.5) is 13.2 Å². The van der Waals surface area contributed by atoms with Crippen LogP contribution in [0.1, 0.15) is 17.8 Å². The highest BCUT2D eigenvalue weighted by Gasteiger charge is 2.38. The predicted molar refractivity (Wildman–Crippen MR) is 103 cm³/mol. The van der Waals surface area contributed by atoms with Gasteiger partial charge in [0.2, 0.25) is 15.9 Å². The molecule has 166 valence electrons. The summed E-state index contributed by atoms with van der Waals surface area (Å²) in [6.45, 7) is 2.15. The number of alkyl halides is 3. The lowest BCUT2D eigenvalue weighted by Gasteiger charge is -2.33. The maximum Gasteiger partial charge on any atom is 0.436 e. The molecule has 0 unspecified atom stereocenters. The Morgan fingerprint density at radius 1 is 1.23 bits per heavy atom. The van der Waals surface area contributed by atoms with Crippen LogP contribution < -0.4 is 0 Å². The van der Waals surface area contributed by atoms with Gasteiger partial charge in [-0.3, -0.25) is 14.2 Å². The van der Waals surface area contributed by atoms with Crippen LogP contribution in [0.15, 0.2) is 21.8 Å². The van der Waals surface area contributed by atoms with Crippen molar-refractivity contribution in [1.29, 1.82) is 0 Å². The van der Waals surface area contributed by atoms with Gasteiger partial charge in [-0.15, -0.1) is 0 Å². The largest absolute Gasteiger partial charge is 0.436 e. The van der Waals surface area contributed by atoms with E-state index in [9.17, 15) is 26.4 Å². The van der Waals surface area contributed by atoms with Crippen LogP contribution in [-0.4, -0.2) is 69.3 Å². The van der Waals surface area contributed by atoms with Crippen molar-refractivity contribution in [3.63, 3.8) is 0 Å². The van der Waals surface area contributed by atoms with Gasteiger partial charge < -0.3 is 4.90 Å². The van der Waals surface area contributed by atoms with Gasteiger partial charge in [-0.25, -0.2) is 8.42 Å². The molecule has 0 aromatic carbocycles. The van der Waals surface area contributed by atoms with Gasteiger partial charge in [0.1, 0.15) is 4.90 Å². The van der Waals surface area contributed by atoms with Gasteiger partial charge in [0, 0.05) is 45.8 Å². The highest BCUT2D eigenvalue weighted by Crippen LogP contribution is 2.35. The summed E-state index contributed by atoms with van der Waals surface area (Å²) in [5, 5.41) is 7.42. The Morgan fingerprint density at radius 2 is 1.87 bits per heavy atom. The van der Waals surface area contributed by atoms with Crippen LogP contribution in [0, 0.1) is 6.92 Å². The summed E-state index contributed by atoms with van der Waals surface area (Å²) in [5.41, 5.74) is -0.746. The molecule has 2 aromatic rings. The minimum absolute atomic E-state index is 0.00640. The Balaban J connectivity index is 1.58. The first kappa shape index (κ1) is 22.7. The van der Waals surface area contributed by atoms with E-state index in [0.29, 0.717) is 0 Å². The van der Waals surface area contributed by atoms with E-state index >= 15 is 0 Å². The number of carbonyl (C=O) groups excluding carboxylic acids is 1. The zero-order chi connectivity index (χ0) is 22.3. The molecule has 30 heavy (non-hydrogen) atoms. The van der Waals surface area contributed by atoms with Crippen LogP contribution in [-0.2, 0) is 34.6 Å². The first-order valence-electron chi connectivity index (χ1n) is 8.98. The summed E-state index contributed by atoms with van der Waals surface area (Å²) < 4.78 is 67.7. The second-order valence-corrected chi connectivity index (χ2v) is 9.58. The number of hydrogen-bond donors (Lipinski definition) is 0. The van der Waals surface area contributed by atoms with E-state index in [4.69, 9.17) is 0 Å². The standard InChI is InChI=1S/C16H20BrF3N6O3S/c1-11-14(17)15(16(18,19)20)22-26(11)4-3-13(27)24-5-7-25(8-6-24)30(28,29)12-9-21-23(2)10-12/h9-10H,3-8H2,1-2H3. The molecule has 0 saturated carbocycles. The average Bonchev–Trinajstić information content (AvgIpc) is 3.24. The Morgan fingerprint density at radius 3 is 2.37 bits per heavy atom. The van der Waals surface area contributed by atoms with Gasteiger partial charge >= 0.3 is 6.18 Å². The molecule has 0 aliphatic carbocycles. The van der Waals surface area contributed by atoms with Gasteiger partial charge in [0.05, 0.1) is 22.9 Å². The average molecular weight is 513 g/mol. The fraction of sp³-hybridized carbons (Fsp3) is 0.562. The van der Waals surface area contributed by atoms with Crippen molar-refractivity contribution in [2.75, 3.05) is 26.2 Å². The van der Waals surface area contributed by atoms with Crippen molar-refractivity contribution in [3.8, 4) is 0 Å². The zero-order valence-electron chi connectivity index (χ0n) is 16.2. The number of nitrogens with zero attached hydrogens (tertiary/aromatic N) is 6. The molecule has 1 amide bonds. The number of rotatable bonds is 5. The summed E-state index contributed by atoms with van der Waals surface area (Å²) in [4.78, 5) is 14.1. The quantitative estimate of drug-likeness (QED) is 0.606. The number of aromatic nitrogens is 4. The summed E-state index contributed by atoms with van der Waals surface area (Å²) in [6, 6.07) is 0. The van der Waals surface area contributed by atoms with Crippen LogP contribution >= 0.6 is 15.9 Å². The minimum atomic E-state index is -4.59. The molecule has 1 saturated heterocycles. The lowest BCUT2D eigenvalue weighted by Crippen LogP contribution is -2.50. The van der Waals surface area contributed by atoms with Gasteiger partial charge in [0.15, 0.2) is 5.69 Å². The summed E-state index contributed by atoms with van der Waals surface area (Å²) in [5.74, 6) is -0.270. The van der Waals surface area contributed by atoms with Crippen LogP contribution in [0.5, 0.6) is 0 Å². The lowest BCUT2D eigenvalue weighted by molar-refractivity contribution is -0.142. The molecule has 0 N–H and O–H groups in total. The van der Waals surface area contributed by atoms with E-state index in [1.165, 1.54) is 33.2 Å². The number of sulfonamides is 1. The normalized spacial score (nSPS) is 16.3. The van der Waals surface area contributed by atoms with E-state index in [-0.39, 0.29) is 60.1 Å². The molecular weight excluding hydrogens is 493 g/mol. The molecule has 0 bridgehead atoms. The van der Waals surface area contributed by atoms with Gasteiger partial charge in [0.25, 0.3) is 0 Å². The molecule has 0 atom stereocenters. The van der Waals surface area contributed by atoms with E-state index in [1.54, 1.807) is 7.05 Å². The zero-order valence-corrected chi connectivity index (χ0v) is 18.6. The molecule has 2 aromatic heterocycles. The lowest BCUT2D eigenvalue weighted by atomic mass is 10.3. The Bertz CT molecular complexity index is 1040. The highest BCUT2D eigenvalue weighted by molar-refractivity contribution is 9.10. The van der Waals surface area contributed by atoms with Crippen LogP contribution in [0.3, 0.4) is 0 Å². The topological polar surface area (TPSA) is 93.3 Å². The number of aryl methyl sites for hydroxylation is 2. The Labute approximate surface area is 179 Å². The molecule has 3 rings (SSSR count). The maximum absolute atomic E-state index is 12.9. The number of carbonyl (C=O) groups is 1. The molecule has 1 aliphatic heterocycles. The van der Waals surface area contributed by atoms with E-state index < -0.39 is 21.9 Å². The van der Waals surface area contributed by atoms with Crippen molar-refractivity contribution in [2.45, 2.75) is 31.0 Å². The fourth-order valence-electron chi connectivity index (χ4n) is 3.14. The summed E-state index contributed by atoms with van der Waals surface area (Å²) in [7, 11) is -2.06. The smallest absolute Gasteiger partial charge is 0.340 e. The van der Waals surface area contributed by atoms with Gasteiger partial charge in [-0.1, -0.05) is 0 Å². The van der Waals surface area contributed by atoms with Crippen molar-refractivity contribution >= 4 is 31.9 Å². The monoisotopic (exact) mass is 512 g/mol. The SMILES string of the molecule is Cc1c(Br)c(C(F)(F)F)nn1CCC(=O)N1CCN(S(=O)(=O)c2cnn(C)c2)CC1. The number of hydrogen-bond acceptors (Lipinski definition) is 5. The third kappa shape index (κ3) is 4.54. The van der Waals surface area contributed by atoms with Gasteiger partial charge in [-0.2, -0.15) is 27.7 Å². The van der Waals surface area contributed by atoms with E-state index in [2.05, 4.69) is 26.1 Å². The van der Waals surface area contributed by atoms with Crippen molar-refractivity contribution < 1.29 is 26.4 Å². The Kier molecular flexibility index (Phi) is 6.30. The number of amides is 1. The van der Waals surface area contributed by atoms with Crippen molar-refractivity contribution in [3.05, 3.63) is 28.3 Å². The number of halogens is 4. The van der Waals surface area contributed by atoms with Crippen molar-refractivity contribution in [1.82, 2.24) is 28.8 Å². The molecule has 3 heterocycles. The van der Waals surface area contributed by atoms with E-state index in [1.807, 2.05) is 0 Å². The first-order chi connectivity index (χ1) is 13.9. The Hall–Kier alpha value is -1.93.